The summed E-state index contributed by atoms with van der Waals surface area (Å²) in [4.78, 5) is 41.5. The van der Waals surface area contributed by atoms with Crippen LogP contribution in [-0.4, -0.2) is 46.2 Å². The number of anilines is 1. The highest BCUT2D eigenvalue weighted by Crippen LogP contribution is 2.53. The van der Waals surface area contributed by atoms with Crippen LogP contribution < -0.4 is 9.64 Å². The third kappa shape index (κ3) is 5.54. The van der Waals surface area contributed by atoms with Gasteiger partial charge in [0.05, 0.1) is 23.2 Å². The van der Waals surface area contributed by atoms with Crippen molar-refractivity contribution in [1.82, 2.24) is 4.90 Å². The number of carbonyl (C=O) groups is 3. The van der Waals surface area contributed by atoms with Gasteiger partial charge in [0.2, 0.25) is 5.91 Å². The van der Waals surface area contributed by atoms with Gasteiger partial charge in [0, 0.05) is 35.5 Å². The van der Waals surface area contributed by atoms with E-state index in [0.717, 1.165) is 31.4 Å². The fourth-order valence-corrected chi connectivity index (χ4v) is 6.06. The van der Waals surface area contributed by atoms with Gasteiger partial charge >= 0.3 is 12.3 Å². The van der Waals surface area contributed by atoms with Crippen molar-refractivity contribution in [2.45, 2.75) is 69.4 Å². The molecular formula is C27H25ClF4N2O5. The molecule has 12 heteroatoms. The second kappa shape index (κ2) is 10.3. The van der Waals surface area contributed by atoms with E-state index in [-0.39, 0.29) is 47.3 Å². The highest BCUT2D eigenvalue weighted by molar-refractivity contribution is 6.31. The van der Waals surface area contributed by atoms with Crippen LogP contribution in [0.4, 0.5) is 23.2 Å². The summed E-state index contributed by atoms with van der Waals surface area (Å²) in [6.45, 7) is 0. The molecule has 2 saturated carbocycles. The Hall–Kier alpha value is -3.34. The van der Waals surface area contributed by atoms with Crippen molar-refractivity contribution in [1.29, 1.82) is 0 Å². The Labute approximate surface area is 226 Å². The summed E-state index contributed by atoms with van der Waals surface area (Å²) in [7, 11) is 0. The summed E-state index contributed by atoms with van der Waals surface area (Å²) < 4.78 is 56.5. The standard InChI is InChI=1S/C27H25ClF4N2O5/c28-19-13-22-18(12-20(19)29)25(33(15-6-7-15)23(35)10-11-24(36)37)17-2-1-3-21(17)34(22)26(38)14-4-8-16(9-5-14)39-27(30,31)32/h4-5,8-9,12-13,15,17,21,25H,1-3,6-7,10-11H2,(H,36,37)/t17-,21+,25+/m0/s1. The first kappa shape index (κ1) is 27.2. The Morgan fingerprint density at radius 1 is 1.05 bits per heavy atom. The van der Waals surface area contributed by atoms with Crippen molar-refractivity contribution in [3.63, 3.8) is 0 Å². The molecule has 2 aromatic rings. The van der Waals surface area contributed by atoms with Crippen LogP contribution in [-0.2, 0) is 9.59 Å². The summed E-state index contributed by atoms with van der Waals surface area (Å²) in [5, 5.41) is 8.90. The van der Waals surface area contributed by atoms with Crippen molar-refractivity contribution in [3.05, 3.63) is 58.4 Å². The summed E-state index contributed by atoms with van der Waals surface area (Å²) in [5.41, 5.74) is 0.837. The summed E-state index contributed by atoms with van der Waals surface area (Å²) in [5.74, 6) is -3.36. The van der Waals surface area contributed by atoms with Crippen LogP contribution in [0, 0.1) is 11.7 Å². The number of carboxylic acids is 1. The lowest BCUT2D eigenvalue weighted by Crippen LogP contribution is -2.53. The number of hydrogen-bond acceptors (Lipinski definition) is 4. The van der Waals surface area contributed by atoms with Crippen LogP contribution in [0.1, 0.15) is 66.9 Å². The van der Waals surface area contributed by atoms with Gasteiger partial charge in [0.25, 0.3) is 5.91 Å². The van der Waals surface area contributed by atoms with E-state index in [2.05, 4.69) is 4.74 Å². The van der Waals surface area contributed by atoms with E-state index in [1.54, 1.807) is 4.90 Å². The number of aliphatic carboxylic acids is 1. The monoisotopic (exact) mass is 568 g/mol. The first-order chi connectivity index (χ1) is 18.4. The van der Waals surface area contributed by atoms with Crippen molar-refractivity contribution in [2.75, 3.05) is 4.90 Å². The van der Waals surface area contributed by atoms with Crippen LogP contribution in [0.15, 0.2) is 36.4 Å². The second-order valence-corrected chi connectivity index (χ2v) is 10.5. The van der Waals surface area contributed by atoms with Gasteiger partial charge in [-0.2, -0.15) is 0 Å². The normalized spacial score (nSPS) is 22.2. The molecule has 208 valence electrons. The number of carboxylic acid groups (broad SMARTS) is 1. The van der Waals surface area contributed by atoms with Gasteiger partial charge < -0.3 is 19.6 Å². The highest BCUT2D eigenvalue weighted by Gasteiger charge is 2.51. The molecule has 1 N–H and O–H groups in total. The Balaban J connectivity index is 1.55. The van der Waals surface area contributed by atoms with E-state index in [0.29, 0.717) is 24.1 Å². The fraction of sp³-hybridized carbons (Fsp3) is 0.444. The molecule has 0 unspecified atom stereocenters. The SMILES string of the molecule is O=C(O)CCC(=O)N(C1CC1)[C@H]1c2cc(F)c(Cl)cc2N(C(=O)c2ccc(OC(F)(F)F)cc2)[C@@H]2CCC[C@@H]21. The topological polar surface area (TPSA) is 87.2 Å². The largest absolute Gasteiger partial charge is 0.573 e. The lowest BCUT2D eigenvalue weighted by Gasteiger charge is -2.48. The smallest absolute Gasteiger partial charge is 0.481 e. The number of nitrogens with zero attached hydrogens (tertiary/aromatic N) is 2. The molecule has 2 aromatic carbocycles. The molecule has 3 aliphatic rings. The van der Waals surface area contributed by atoms with Gasteiger partial charge in [0.1, 0.15) is 11.6 Å². The van der Waals surface area contributed by atoms with Crippen molar-refractivity contribution < 1.29 is 41.8 Å². The van der Waals surface area contributed by atoms with E-state index in [1.165, 1.54) is 29.2 Å². The lowest BCUT2D eigenvalue weighted by atomic mass is 9.81. The van der Waals surface area contributed by atoms with E-state index in [4.69, 9.17) is 16.7 Å². The number of halogens is 5. The Kier molecular flexibility index (Phi) is 7.21. The fourth-order valence-electron chi connectivity index (χ4n) is 5.90. The van der Waals surface area contributed by atoms with E-state index >= 15 is 0 Å². The highest BCUT2D eigenvalue weighted by atomic mass is 35.5. The number of amides is 2. The van der Waals surface area contributed by atoms with Gasteiger partial charge in [0.15, 0.2) is 0 Å². The molecule has 0 saturated heterocycles. The number of benzene rings is 2. The molecule has 5 rings (SSSR count). The van der Waals surface area contributed by atoms with Crippen molar-refractivity contribution in [3.8, 4) is 5.75 Å². The molecule has 7 nitrogen and oxygen atoms in total. The second-order valence-electron chi connectivity index (χ2n) is 10.1. The molecule has 2 amide bonds. The molecule has 2 fully saturated rings. The first-order valence-electron chi connectivity index (χ1n) is 12.7. The number of fused-ring (bicyclic) bond motifs is 2. The molecule has 0 bridgehead atoms. The molecule has 0 spiro atoms. The Morgan fingerprint density at radius 2 is 1.74 bits per heavy atom. The molecule has 0 radical (unpaired) electrons. The zero-order valence-corrected chi connectivity index (χ0v) is 21.3. The van der Waals surface area contributed by atoms with E-state index in [9.17, 15) is 31.9 Å². The lowest BCUT2D eigenvalue weighted by molar-refractivity contribution is -0.274. The van der Waals surface area contributed by atoms with Gasteiger partial charge in [-0.15, -0.1) is 13.2 Å². The van der Waals surface area contributed by atoms with Crippen molar-refractivity contribution in [2.24, 2.45) is 5.92 Å². The van der Waals surface area contributed by atoms with Crippen LogP contribution in [0.2, 0.25) is 5.02 Å². The number of alkyl halides is 3. The van der Waals surface area contributed by atoms with E-state index < -0.39 is 35.8 Å². The van der Waals surface area contributed by atoms with Crippen LogP contribution in [0.5, 0.6) is 5.75 Å². The summed E-state index contributed by atoms with van der Waals surface area (Å²) in [6.07, 6.45) is -1.93. The number of hydrogen-bond donors (Lipinski definition) is 1. The number of ether oxygens (including phenoxy) is 1. The van der Waals surface area contributed by atoms with E-state index in [1.807, 2.05) is 0 Å². The predicted octanol–water partition coefficient (Wildman–Crippen LogP) is 6.10. The Morgan fingerprint density at radius 3 is 2.36 bits per heavy atom. The molecular weight excluding hydrogens is 544 g/mol. The average Bonchev–Trinajstić information content (AvgIpc) is 3.58. The molecule has 1 aliphatic heterocycles. The average molecular weight is 569 g/mol. The van der Waals surface area contributed by atoms with Gasteiger partial charge in [-0.1, -0.05) is 18.0 Å². The summed E-state index contributed by atoms with van der Waals surface area (Å²) in [6, 6.07) is 6.09. The minimum atomic E-state index is -4.88. The van der Waals surface area contributed by atoms with Crippen LogP contribution >= 0.6 is 11.6 Å². The number of carbonyl (C=O) groups excluding carboxylic acids is 2. The molecule has 1 heterocycles. The molecule has 3 atom stereocenters. The zero-order valence-electron chi connectivity index (χ0n) is 20.6. The first-order valence-corrected chi connectivity index (χ1v) is 13.0. The molecule has 2 aliphatic carbocycles. The quantitative estimate of drug-likeness (QED) is 0.408. The minimum Gasteiger partial charge on any atom is -0.481 e. The molecule has 0 aromatic heterocycles. The molecule has 39 heavy (non-hydrogen) atoms. The van der Waals surface area contributed by atoms with Gasteiger partial charge in [-0.3, -0.25) is 14.4 Å². The maximum Gasteiger partial charge on any atom is 0.573 e. The minimum absolute atomic E-state index is 0.104. The maximum atomic E-state index is 14.9. The van der Waals surface area contributed by atoms with Crippen LogP contribution in [0.25, 0.3) is 0 Å². The third-order valence-corrected chi connectivity index (χ3v) is 7.84. The maximum absolute atomic E-state index is 14.9. The zero-order chi connectivity index (χ0) is 28.1. The van der Waals surface area contributed by atoms with Crippen LogP contribution in [0.3, 0.4) is 0 Å². The van der Waals surface area contributed by atoms with Gasteiger partial charge in [-0.05, 0) is 62.1 Å². The predicted molar refractivity (Wildman–Crippen MR) is 132 cm³/mol. The Bertz CT molecular complexity index is 1300. The van der Waals surface area contributed by atoms with Crippen molar-refractivity contribution >= 4 is 35.1 Å². The van der Waals surface area contributed by atoms with Gasteiger partial charge in [-0.25, -0.2) is 4.39 Å². The third-order valence-electron chi connectivity index (χ3n) is 7.55. The number of rotatable bonds is 7. The summed E-state index contributed by atoms with van der Waals surface area (Å²) >= 11 is 6.15.